The quantitative estimate of drug-likeness (QED) is 0.796. The molecule has 116 valence electrons. The molecular weight excluding hydrogens is 280 g/mol. The van der Waals surface area contributed by atoms with Crippen LogP contribution < -0.4 is 9.47 Å². The van der Waals surface area contributed by atoms with Crippen molar-refractivity contribution < 1.29 is 19.4 Å². The molecule has 1 atom stereocenters. The Balaban J connectivity index is 2.38. The van der Waals surface area contributed by atoms with E-state index in [-0.39, 0.29) is 0 Å². The summed E-state index contributed by atoms with van der Waals surface area (Å²) in [5.41, 5.74) is 0.876. The molecule has 0 aromatic heterocycles. The maximum atomic E-state index is 12.6. The molecule has 2 aromatic carbocycles. The van der Waals surface area contributed by atoms with Crippen LogP contribution in [0.15, 0.2) is 48.5 Å². The highest BCUT2D eigenvalue weighted by molar-refractivity contribution is 6.02. The third kappa shape index (κ3) is 3.46. The van der Waals surface area contributed by atoms with Crippen molar-refractivity contribution in [1.29, 1.82) is 0 Å². The molecule has 0 fully saturated rings. The van der Waals surface area contributed by atoms with Gasteiger partial charge in [-0.25, -0.2) is 0 Å². The van der Waals surface area contributed by atoms with Crippen LogP contribution >= 0.6 is 0 Å². The van der Waals surface area contributed by atoms with Gasteiger partial charge in [-0.2, -0.15) is 0 Å². The number of ether oxygens (including phenoxy) is 2. The number of rotatable bonds is 7. The van der Waals surface area contributed by atoms with E-state index < -0.39 is 11.9 Å². The van der Waals surface area contributed by atoms with Crippen LogP contribution in [0, 0.1) is 0 Å². The van der Waals surface area contributed by atoms with E-state index in [0.29, 0.717) is 35.8 Å². The summed E-state index contributed by atoms with van der Waals surface area (Å²) < 4.78 is 11.1. The first-order valence-electron chi connectivity index (χ1n) is 7.34. The summed E-state index contributed by atoms with van der Waals surface area (Å²) in [7, 11) is 0. The Morgan fingerprint density at radius 2 is 1.68 bits per heavy atom. The summed E-state index contributed by atoms with van der Waals surface area (Å²) in [6.45, 7) is 4.58. The van der Waals surface area contributed by atoms with Gasteiger partial charge in [0.15, 0.2) is 17.3 Å². The lowest BCUT2D eigenvalue weighted by molar-refractivity contribution is 0.0742. The van der Waals surface area contributed by atoms with Gasteiger partial charge >= 0.3 is 0 Å². The predicted octanol–water partition coefficient (Wildman–Crippen LogP) is 3.40. The summed E-state index contributed by atoms with van der Waals surface area (Å²) in [6, 6.07) is 13.9. The normalized spacial score (nSPS) is 11.8. The molecule has 0 saturated carbocycles. The molecule has 2 aromatic rings. The van der Waals surface area contributed by atoms with Gasteiger partial charge in [-0.3, -0.25) is 4.79 Å². The molecule has 0 aliphatic rings. The van der Waals surface area contributed by atoms with Crippen molar-refractivity contribution in [1.82, 2.24) is 0 Å². The van der Waals surface area contributed by atoms with Gasteiger partial charge in [0.05, 0.1) is 18.8 Å². The first kappa shape index (κ1) is 16.0. The smallest absolute Gasteiger partial charge is 0.199 e. The molecule has 4 heteroatoms. The molecule has 4 nitrogen and oxygen atoms in total. The minimum absolute atomic E-state index is 0.323. The molecule has 0 radical (unpaired) electrons. The number of carbonyl (C=O) groups is 1. The number of benzene rings is 2. The molecule has 22 heavy (non-hydrogen) atoms. The summed E-state index contributed by atoms with van der Waals surface area (Å²) >= 11 is 0. The zero-order valence-corrected chi connectivity index (χ0v) is 12.8. The fourth-order valence-corrected chi connectivity index (χ4v) is 2.21. The van der Waals surface area contributed by atoms with E-state index in [1.54, 1.807) is 42.5 Å². The monoisotopic (exact) mass is 300 g/mol. The lowest BCUT2D eigenvalue weighted by Crippen LogP contribution is -2.14. The molecule has 0 spiro atoms. The number of aliphatic hydroxyl groups excluding tert-OH is 1. The number of para-hydroxylation sites is 1. The fourth-order valence-electron chi connectivity index (χ4n) is 2.21. The maximum absolute atomic E-state index is 12.6. The summed E-state index contributed by atoms with van der Waals surface area (Å²) in [4.78, 5) is 12.6. The molecular formula is C18H20O4. The van der Waals surface area contributed by atoms with Gasteiger partial charge in [0.2, 0.25) is 0 Å². The standard InChI is InChI=1S/C18H20O4/c1-3-21-15-12-8-11-14(18(15)22-4-2)17(20)16(19)13-9-6-5-7-10-13/h5-12,16,19H,3-4H2,1-2H3. The van der Waals surface area contributed by atoms with Crippen LogP contribution in [-0.2, 0) is 0 Å². The lowest BCUT2D eigenvalue weighted by atomic mass is 9.99. The number of hydrogen-bond donors (Lipinski definition) is 1. The van der Waals surface area contributed by atoms with Gasteiger partial charge in [-0.1, -0.05) is 36.4 Å². The second-order valence-corrected chi connectivity index (χ2v) is 4.68. The Kier molecular flexibility index (Phi) is 5.55. The minimum atomic E-state index is -1.22. The molecule has 0 amide bonds. The van der Waals surface area contributed by atoms with E-state index in [0.717, 1.165) is 0 Å². The maximum Gasteiger partial charge on any atom is 0.199 e. The Morgan fingerprint density at radius 3 is 2.32 bits per heavy atom. The SMILES string of the molecule is CCOc1cccc(C(=O)C(O)c2ccccc2)c1OCC. The van der Waals surface area contributed by atoms with Crippen molar-refractivity contribution in [3.8, 4) is 11.5 Å². The lowest BCUT2D eigenvalue weighted by Gasteiger charge is -2.16. The van der Waals surface area contributed by atoms with E-state index in [1.807, 2.05) is 19.9 Å². The number of hydrogen-bond acceptors (Lipinski definition) is 4. The number of ketones is 1. The van der Waals surface area contributed by atoms with Crippen molar-refractivity contribution in [2.75, 3.05) is 13.2 Å². The Bertz CT molecular complexity index is 622. The molecule has 0 bridgehead atoms. The average molecular weight is 300 g/mol. The van der Waals surface area contributed by atoms with Crippen LogP contribution in [-0.4, -0.2) is 24.1 Å². The largest absolute Gasteiger partial charge is 0.490 e. The van der Waals surface area contributed by atoms with Gasteiger partial charge in [-0.05, 0) is 31.5 Å². The van der Waals surface area contributed by atoms with Crippen LogP contribution in [0.1, 0.15) is 35.9 Å². The summed E-state index contributed by atoms with van der Waals surface area (Å²) in [5, 5.41) is 10.3. The molecule has 1 unspecified atom stereocenters. The van der Waals surface area contributed by atoms with Crippen molar-refractivity contribution in [3.05, 3.63) is 59.7 Å². The van der Waals surface area contributed by atoms with Crippen LogP contribution in [0.3, 0.4) is 0 Å². The van der Waals surface area contributed by atoms with Gasteiger partial charge in [0, 0.05) is 0 Å². The van der Waals surface area contributed by atoms with E-state index in [2.05, 4.69) is 0 Å². The van der Waals surface area contributed by atoms with Crippen molar-refractivity contribution in [3.63, 3.8) is 0 Å². The van der Waals surface area contributed by atoms with Crippen LogP contribution in [0.4, 0.5) is 0 Å². The Labute approximate surface area is 130 Å². The fraction of sp³-hybridized carbons (Fsp3) is 0.278. The number of carbonyl (C=O) groups excluding carboxylic acids is 1. The molecule has 0 aliphatic heterocycles. The zero-order valence-electron chi connectivity index (χ0n) is 12.8. The van der Waals surface area contributed by atoms with Crippen molar-refractivity contribution >= 4 is 5.78 Å². The summed E-state index contributed by atoms with van der Waals surface area (Å²) in [5.74, 6) is 0.485. The number of Topliss-reactive ketones (excluding diaryl/α,β-unsaturated/α-hetero) is 1. The third-order valence-electron chi connectivity index (χ3n) is 3.20. The van der Waals surface area contributed by atoms with Gasteiger partial charge in [0.25, 0.3) is 0 Å². The van der Waals surface area contributed by atoms with Crippen LogP contribution in [0.5, 0.6) is 11.5 Å². The highest BCUT2D eigenvalue weighted by Crippen LogP contribution is 2.34. The second kappa shape index (κ2) is 7.61. The molecule has 2 rings (SSSR count). The van der Waals surface area contributed by atoms with Crippen LogP contribution in [0.2, 0.25) is 0 Å². The van der Waals surface area contributed by atoms with E-state index >= 15 is 0 Å². The van der Waals surface area contributed by atoms with Crippen molar-refractivity contribution in [2.45, 2.75) is 20.0 Å². The Morgan fingerprint density at radius 1 is 1.00 bits per heavy atom. The predicted molar refractivity (Wildman–Crippen MR) is 84.5 cm³/mol. The van der Waals surface area contributed by atoms with E-state index in [1.165, 1.54) is 0 Å². The highest BCUT2D eigenvalue weighted by Gasteiger charge is 2.24. The Hall–Kier alpha value is -2.33. The zero-order chi connectivity index (χ0) is 15.9. The summed E-state index contributed by atoms with van der Waals surface area (Å²) in [6.07, 6.45) is -1.22. The van der Waals surface area contributed by atoms with Gasteiger partial charge in [0.1, 0.15) is 6.10 Å². The molecule has 0 aliphatic carbocycles. The second-order valence-electron chi connectivity index (χ2n) is 4.68. The van der Waals surface area contributed by atoms with Gasteiger partial charge in [-0.15, -0.1) is 0 Å². The van der Waals surface area contributed by atoms with E-state index in [9.17, 15) is 9.90 Å². The first-order chi connectivity index (χ1) is 10.7. The molecule has 0 saturated heterocycles. The van der Waals surface area contributed by atoms with E-state index in [4.69, 9.17) is 9.47 Å². The average Bonchev–Trinajstić information content (AvgIpc) is 2.56. The minimum Gasteiger partial charge on any atom is -0.490 e. The van der Waals surface area contributed by atoms with Gasteiger partial charge < -0.3 is 14.6 Å². The topological polar surface area (TPSA) is 55.8 Å². The molecule has 0 heterocycles. The first-order valence-corrected chi connectivity index (χ1v) is 7.34. The third-order valence-corrected chi connectivity index (χ3v) is 3.20. The van der Waals surface area contributed by atoms with Crippen LogP contribution in [0.25, 0.3) is 0 Å². The highest BCUT2D eigenvalue weighted by atomic mass is 16.5. The number of aliphatic hydroxyl groups is 1. The van der Waals surface area contributed by atoms with Crippen molar-refractivity contribution in [2.24, 2.45) is 0 Å². The molecule has 1 N–H and O–H groups in total.